The van der Waals surface area contributed by atoms with Crippen LogP contribution in [0.1, 0.15) is 11.1 Å². The fourth-order valence-electron chi connectivity index (χ4n) is 3.10. The Kier molecular flexibility index (Phi) is 7.32. The summed E-state index contributed by atoms with van der Waals surface area (Å²) in [6, 6.07) is 20.6. The van der Waals surface area contributed by atoms with Crippen LogP contribution in [-0.4, -0.2) is 29.2 Å². The van der Waals surface area contributed by atoms with Gasteiger partial charge in [0.1, 0.15) is 30.5 Å². The number of ether oxygens (including phenoxy) is 2. The van der Waals surface area contributed by atoms with Crippen LogP contribution in [0.5, 0.6) is 11.5 Å². The molecule has 1 aliphatic rings. The van der Waals surface area contributed by atoms with E-state index < -0.39 is 5.82 Å². The first-order chi connectivity index (χ1) is 16.0. The van der Waals surface area contributed by atoms with E-state index >= 15 is 0 Å². The molecule has 1 aliphatic heterocycles. The molecule has 1 fully saturated rings. The lowest BCUT2D eigenvalue weighted by molar-refractivity contribution is -0.123. The monoisotopic (exact) mass is 483 g/mol. The predicted molar refractivity (Wildman–Crippen MR) is 127 cm³/mol. The lowest BCUT2D eigenvalue weighted by atomic mass is 10.2. The Morgan fingerprint density at radius 1 is 0.909 bits per heavy atom. The lowest BCUT2D eigenvalue weighted by Crippen LogP contribution is -2.32. The summed E-state index contributed by atoms with van der Waals surface area (Å²) in [7, 11) is 0. The molecule has 0 aromatic heterocycles. The molecule has 0 spiro atoms. The second-order valence-corrected chi connectivity index (χ2v) is 8.45. The summed E-state index contributed by atoms with van der Waals surface area (Å²) in [5.74, 6) is 0.428. The number of para-hydroxylation sites is 1. The summed E-state index contributed by atoms with van der Waals surface area (Å²) in [5.41, 5.74) is 1.02. The third-order valence-electron chi connectivity index (χ3n) is 4.82. The second-order valence-electron chi connectivity index (χ2n) is 7.05. The van der Waals surface area contributed by atoms with Gasteiger partial charge in [0.05, 0.1) is 16.5 Å². The molecular formula is C25H19ClFNO4S. The molecule has 0 radical (unpaired) electrons. The Balaban J connectivity index is 1.34. The van der Waals surface area contributed by atoms with Gasteiger partial charge in [0.15, 0.2) is 0 Å². The van der Waals surface area contributed by atoms with Crippen molar-refractivity contribution in [3.05, 3.63) is 99.7 Å². The Hall–Kier alpha value is -3.29. The number of halogens is 2. The molecule has 3 aromatic rings. The maximum absolute atomic E-state index is 13.9. The van der Waals surface area contributed by atoms with Crippen molar-refractivity contribution >= 4 is 40.6 Å². The molecule has 0 aliphatic carbocycles. The van der Waals surface area contributed by atoms with Gasteiger partial charge in [-0.05, 0) is 59.8 Å². The third kappa shape index (κ3) is 5.74. The van der Waals surface area contributed by atoms with Crippen LogP contribution in [0.3, 0.4) is 0 Å². The van der Waals surface area contributed by atoms with Gasteiger partial charge in [-0.3, -0.25) is 14.5 Å². The van der Waals surface area contributed by atoms with Gasteiger partial charge in [-0.1, -0.05) is 48.0 Å². The van der Waals surface area contributed by atoms with Gasteiger partial charge in [0, 0.05) is 5.56 Å². The maximum atomic E-state index is 13.9. The predicted octanol–water partition coefficient (Wildman–Crippen LogP) is 6.17. The minimum Gasteiger partial charge on any atom is -0.492 e. The van der Waals surface area contributed by atoms with Crippen molar-refractivity contribution in [3.63, 3.8) is 0 Å². The zero-order chi connectivity index (χ0) is 23.2. The van der Waals surface area contributed by atoms with E-state index in [2.05, 4.69) is 0 Å². The summed E-state index contributed by atoms with van der Waals surface area (Å²) in [4.78, 5) is 26.4. The molecule has 0 saturated carbocycles. The first-order valence-corrected chi connectivity index (χ1v) is 11.3. The minimum atomic E-state index is -0.427. The van der Waals surface area contributed by atoms with Gasteiger partial charge in [-0.25, -0.2) is 4.39 Å². The molecule has 1 saturated heterocycles. The molecular weight excluding hydrogens is 465 g/mol. The van der Waals surface area contributed by atoms with Crippen LogP contribution < -0.4 is 9.47 Å². The zero-order valence-electron chi connectivity index (χ0n) is 17.4. The van der Waals surface area contributed by atoms with Gasteiger partial charge >= 0.3 is 0 Å². The quantitative estimate of drug-likeness (QED) is 0.358. The molecule has 1 heterocycles. The molecule has 8 heteroatoms. The number of benzene rings is 3. The molecule has 0 atom stereocenters. The first-order valence-electron chi connectivity index (χ1n) is 10.1. The molecule has 0 unspecified atom stereocenters. The van der Waals surface area contributed by atoms with Gasteiger partial charge < -0.3 is 9.47 Å². The van der Waals surface area contributed by atoms with Crippen molar-refractivity contribution in [2.45, 2.75) is 6.61 Å². The number of rotatable bonds is 8. The summed E-state index contributed by atoms with van der Waals surface area (Å²) < 4.78 is 25.1. The molecule has 0 bridgehead atoms. The number of carbonyl (C=O) groups excluding carboxylic acids is 2. The van der Waals surface area contributed by atoms with Gasteiger partial charge in [0.25, 0.3) is 11.1 Å². The zero-order valence-corrected chi connectivity index (χ0v) is 18.9. The van der Waals surface area contributed by atoms with Crippen LogP contribution in [0.4, 0.5) is 9.18 Å². The highest BCUT2D eigenvalue weighted by Gasteiger charge is 2.34. The van der Waals surface area contributed by atoms with E-state index in [1.54, 1.807) is 36.4 Å². The topological polar surface area (TPSA) is 55.8 Å². The number of hydrogen-bond donors (Lipinski definition) is 0. The first kappa shape index (κ1) is 22.9. The van der Waals surface area contributed by atoms with Crippen LogP contribution >= 0.6 is 23.4 Å². The average Bonchev–Trinajstić information content (AvgIpc) is 3.08. The van der Waals surface area contributed by atoms with Crippen molar-refractivity contribution in [3.8, 4) is 11.5 Å². The number of carbonyl (C=O) groups is 2. The summed E-state index contributed by atoms with van der Waals surface area (Å²) in [6.07, 6.45) is 1.65. The van der Waals surface area contributed by atoms with Crippen molar-refractivity contribution in [2.75, 3.05) is 13.2 Å². The van der Waals surface area contributed by atoms with Crippen LogP contribution in [-0.2, 0) is 11.4 Å². The molecule has 0 N–H and O–H groups in total. The molecule has 4 rings (SSSR count). The Morgan fingerprint density at radius 2 is 1.64 bits per heavy atom. The fraction of sp³-hybridized carbons (Fsp3) is 0.120. The van der Waals surface area contributed by atoms with Crippen molar-refractivity contribution in [1.29, 1.82) is 0 Å². The standard InChI is InChI=1S/C25H19ClFNO4S/c26-21-7-4-8-22(27)20(21)16-32-19-11-9-17(10-12-19)15-23-24(29)28(25(30)33-23)13-14-31-18-5-2-1-3-6-18/h1-12,15H,13-14,16H2/b23-15-. The fourth-order valence-corrected chi connectivity index (χ4v) is 4.18. The molecule has 168 valence electrons. The van der Waals surface area contributed by atoms with Gasteiger partial charge in [0.2, 0.25) is 0 Å². The third-order valence-corrected chi connectivity index (χ3v) is 6.08. The van der Waals surface area contributed by atoms with E-state index in [1.165, 1.54) is 17.0 Å². The summed E-state index contributed by atoms with van der Waals surface area (Å²) in [6.45, 7) is 0.379. The van der Waals surface area contributed by atoms with Crippen LogP contribution in [0.2, 0.25) is 5.02 Å². The molecule has 5 nitrogen and oxygen atoms in total. The summed E-state index contributed by atoms with van der Waals surface area (Å²) >= 11 is 6.91. The van der Waals surface area contributed by atoms with Crippen LogP contribution in [0.15, 0.2) is 77.7 Å². The lowest BCUT2D eigenvalue weighted by Gasteiger charge is -2.13. The number of thioether (sulfide) groups is 1. The summed E-state index contributed by atoms with van der Waals surface area (Å²) in [5, 5.41) is -0.0267. The van der Waals surface area contributed by atoms with Crippen molar-refractivity contribution < 1.29 is 23.5 Å². The van der Waals surface area contributed by atoms with Crippen LogP contribution in [0.25, 0.3) is 6.08 Å². The van der Waals surface area contributed by atoms with E-state index in [0.29, 0.717) is 21.4 Å². The van der Waals surface area contributed by atoms with Crippen LogP contribution in [0, 0.1) is 5.82 Å². The van der Waals surface area contributed by atoms with Gasteiger partial charge in [-0.2, -0.15) is 0 Å². The highest BCUT2D eigenvalue weighted by Crippen LogP contribution is 2.32. The van der Waals surface area contributed by atoms with Crippen molar-refractivity contribution in [1.82, 2.24) is 4.90 Å². The minimum absolute atomic E-state index is 0.00516. The number of amides is 2. The Morgan fingerprint density at radius 3 is 2.36 bits per heavy atom. The Bertz CT molecular complexity index is 1160. The molecule has 33 heavy (non-hydrogen) atoms. The Labute approximate surface area is 199 Å². The SMILES string of the molecule is O=C1S/C(=C\c2ccc(OCc3c(F)cccc3Cl)cc2)C(=O)N1CCOc1ccccc1. The maximum Gasteiger partial charge on any atom is 0.293 e. The highest BCUT2D eigenvalue weighted by atomic mass is 35.5. The van der Waals surface area contributed by atoms with E-state index in [9.17, 15) is 14.0 Å². The van der Waals surface area contributed by atoms with E-state index in [0.717, 1.165) is 17.3 Å². The second kappa shape index (κ2) is 10.6. The average molecular weight is 484 g/mol. The number of hydrogen-bond acceptors (Lipinski definition) is 5. The largest absolute Gasteiger partial charge is 0.492 e. The van der Waals surface area contributed by atoms with E-state index in [-0.39, 0.29) is 36.5 Å². The molecule has 2 amide bonds. The number of imide groups is 1. The van der Waals surface area contributed by atoms with E-state index in [4.69, 9.17) is 21.1 Å². The molecule has 3 aromatic carbocycles. The highest BCUT2D eigenvalue weighted by molar-refractivity contribution is 8.18. The number of nitrogens with zero attached hydrogens (tertiary/aromatic N) is 1. The van der Waals surface area contributed by atoms with E-state index in [1.807, 2.05) is 30.3 Å². The van der Waals surface area contributed by atoms with Crippen molar-refractivity contribution in [2.24, 2.45) is 0 Å². The smallest absolute Gasteiger partial charge is 0.293 e. The van der Waals surface area contributed by atoms with Gasteiger partial charge in [-0.15, -0.1) is 0 Å². The normalized spacial score (nSPS) is 14.7.